The molecule has 0 bridgehead atoms. The monoisotopic (exact) mass is 268 g/mol. The van der Waals surface area contributed by atoms with Crippen molar-refractivity contribution >= 4 is 24.1 Å². The predicted octanol–water partition coefficient (Wildman–Crippen LogP) is 0.150. The highest BCUT2D eigenvalue weighted by Crippen LogP contribution is 2.20. The minimum atomic E-state index is -1.39. The van der Waals surface area contributed by atoms with Crippen molar-refractivity contribution in [2.45, 2.75) is 12.8 Å². The first-order valence-corrected chi connectivity index (χ1v) is 5.28. The number of hydrogen-bond acceptors (Lipinski definition) is 6. The average Bonchev–Trinajstić information content (AvgIpc) is 2.34. The van der Waals surface area contributed by atoms with Crippen LogP contribution in [-0.2, 0) is 19.2 Å². The molecule has 0 aliphatic carbocycles. The fourth-order valence-electron chi connectivity index (χ4n) is 1.47. The Morgan fingerprint density at radius 1 is 1.05 bits per heavy atom. The Kier molecular flexibility index (Phi) is 8.19. The van der Waals surface area contributed by atoms with Crippen LogP contribution in [0.25, 0.3) is 0 Å². The van der Waals surface area contributed by atoms with Crippen molar-refractivity contribution in [2.75, 3.05) is 13.1 Å². The summed E-state index contributed by atoms with van der Waals surface area (Å²) < 4.78 is 0. The lowest BCUT2D eigenvalue weighted by Crippen LogP contribution is -2.16. The Morgan fingerprint density at radius 3 is 1.84 bits per heavy atom. The topological polar surface area (TPSA) is 133 Å². The van der Waals surface area contributed by atoms with Crippen molar-refractivity contribution in [1.82, 2.24) is 0 Å². The Balaban J connectivity index is 5.01. The molecule has 2 N–H and O–H groups in total. The van der Waals surface area contributed by atoms with Crippen LogP contribution in [0.4, 0.5) is 0 Å². The Labute approximate surface area is 108 Å². The summed E-state index contributed by atoms with van der Waals surface area (Å²) in [5.41, 5.74) is -0.324. The first-order valence-electron chi connectivity index (χ1n) is 5.28. The minimum Gasteiger partial charge on any atom is -0.478 e. The molecule has 0 atom stereocenters. The third-order valence-corrected chi connectivity index (χ3v) is 2.27. The number of nitrogens with zero attached hydrogens (tertiary/aromatic N) is 2. The largest absolute Gasteiger partial charge is 0.478 e. The zero-order valence-corrected chi connectivity index (χ0v) is 9.90. The molecule has 0 aromatic carbocycles. The standard InChI is InChI=1S/C11H12N2O6/c14-6-12-3-1-8(2-4-13-7-15)9(11(18)19)5-10(16)17/h5,8H,1-4H2,(H,16,17)(H,18,19)/b9-5-. The van der Waals surface area contributed by atoms with Crippen LogP contribution < -0.4 is 0 Å². The SMILES string of the molecule is O=C=NCCC(CCN=C=O)/C(=C/C(=O)O)C(=O)O. The second-order valence-corrected chi connectivity index (χ2v) is 3.46. The van der Waals surface area contributed by atoms with E-state index in [9.17, 15) is 19.2 Å². The van der Waals surface area contributed by atoms with Gasteiger partial charge in [-0.25, -0.2) is 29.2 Å². The van der Waals surface area contributed by atoms with Gasteiger partial charge in [0.1, 0.15) is 0 Å². The van der Waals surface area contributed by atoms with Gasteiger partial charge in [-0.3, -0.25) is 0 Å². The first-order chi connectivity index (χ1) is 9.02. The number of carboxylic acids is 2. The van der Waals surface area contributed by atoms with Gasteiger partial charge in [0.05, 0.1) is 13.1 Å². The van der Waals surface area contributed by atoms with Gasteiger partial charge in [0.2, 0.25) is 12.2 Å². The average molecular weight is 268 g/mol. The van der Waals surface area contributed by atoms with Crippen LogP contribution in [0.1, 0.15) is 12.8 Å². The number of carbonyl (C=O) groups is 2. The molecule has 0 fully saturated rings. The highest BCUT2D eigenvalue weighted by atomic mass is 16.4. The second kappa shape index (κ2) is 9.47. The molecule has 0 amide bonds. The summed E-state index contributed by atoms with van der Waals surface area (Å²) in [4.78, 5) is 48.0. The quantitative estimate of drug-likeness (QED) is 0.347. The number of aliphatic imine (C=N–C) groups is 2. The van der Waals surface area contributed by atoms with Gasteiger partial charge in [-0.2, -0.15) is 0 Å². The Morgan fingerprint density at radius 2 is 1.53 bits per heavy atom. The van der Waals surface area contributed by atoms with E-state index in [0.717, 1.165) is 0 Å². The van der Waals surface area contributed by atoms with Crippen molar-refractivity contribution < 1.29 is 29.4 Å². The highest BCUT2D eigenvalue weighted by molar-refractivity contribution is 5.95. The maximum Gasteiger partial charge on any atom is 0.332 e. The molecule has 0 aromatic heterocycles. The Hall–Kier alpha value is -2.56. The number of isocyanates is 2. The van der Waals surface area contributed by atoms with E-state index in [1.54, 1.807) is 0 Å². The zero-order chi connectivity index (χ0) is 14.7. The highest BCUT2D eigenvalue weighted by Gasteiger charge is 2.21. The number of aliphatic carboxylic acids is 2. The van der Waals surface area contributed by atoms with E-state index < -0.39 is 17.9 Å². The van der Waals surface area contributed by atoms with Gasteiger partial charge < -0.3 is 10.2 Å². The first kappa shape index (κ1) is 16.4. The predicted molar refractivity (Wildman–Crippen MR) is 62.1 cm³/mol. The molecular formula is C11H12N2O6. The zero-order valence-electron chi connectivity index (χ0n) is 9.90. The molecule has 0 radical (unpaired) electrons. The van der Waals surface area contributed by atoms with Crippen LogP contribution in [0.5, 0.6) is 0 Å². The van der Waals surface area contributed by atoms with Gasteiger partial charge in [-0.05, 0) is 18.8 Å². The van der Waals surface area contributed by atoms with E-state index in [1.165, 1.54) is 12.2 Å². The lowest BCUT2D eigenvalue weighted by Gasteiger charge is -2.14. The molecule has 0 heterocycles. The summed E-state index contributed by atoms with van der Waals surface area (Å²) in [7, 11) is 0. The van der Waals surface area contributed by atoms with E-state index in [4.69, 9.17) is 10.2 Å². The number of rotatable bonds is 9. The van der Waals surface area contributed by atoms with Gasteiger partial charge in [-0.1, -0.05) is 0 Å². The molecule has 8 nitrogen and oxygen atoms in total. The fourth-order valence-corrected chi connectivity index (χ4v) is 1.47. The molecule has 0 aliphatic heterocycles. The number of carbonyl (C=O) groups excluding carboxylic acids is 2. The lowest BCUT2D eigenvalue weighted by atomic mass is 9.91. The molecule has 0 rings (SSSR count). The number of carboxylic acid groups (broad SMARTS) is 2. The van der Waals surface area contributed by atoms with Gasteiger partial charge in [0.25, 0.3) is 0 Å². The minimum absolute atomic E-state index is 0.0171. The summed E-state index contributed by atoms with van der Waals surface area (Å²) in [5.74, 6) is -3.44. The van der Waals surface area contributed by atoms with Crippen molar-refractivity contribution in [3.05, 3.63) is 11.6 Å². The molecule has 0 spiro atoms. The third-order valence-electron chi connectivity index (χ3n) is 2.27. The molecule has 0 aliphatic rings. The van der Waals surface area contributed by atoms with Gasteiger partial charge in [-0.15, -0.1) is 0 Å². The van der Waals surface area contributed by atoms with Crippen LogP contribution in [0.2, 0.25) is 0 Å². The summed E-state index contributed by atoms with van der Waals surface area (Å²) in [6.07, 6.45) is 3.49. The second-order valence-electron chi connectivity index (χ2n) is 3.46. The maximum absolute atomic E-state index is 11.0. The van der Waals surface area contributed by atoms with Crippen LogP contribution >= 0.6 is 0 Å². The fraction of sp³-hybridized carbons (Fsp3) is 0.455. The van der Waals surface area contributed by atoms with E-state index in [2.05, 4.69) is 9.98 Å². The number of hydrogen-bond donors (Lipinski definition) is 2. The van der Waals surface area contributed by atoms with E-state index >= 15 is 0 Å². The molecule has 19 heavy (non-hydrogen) atoms. The summed E-state index contributed by atoms with van der Waals surface area (Å²) in [6, 6.07) is 0. The molecular weight excluding hydrogens is 256 g/mol. The van der Waals surface area contributed by atoms with Crippen LogP contribution in [-0.4, -0.2) is 47.4 Å². The van der Waals surface area contributed by atoms with Crippen LogP contribution in [0, 0.1) is 5.92 Å². The van der Waals surface area contributed by atoms with Crippen LogP contribution in [0.3, 0.4) is 0 Å². The van der Waals surface area contributed by atoms with Crippen molar-refractivity contribution in [2.24, 2.45) is 15.9 Å². The summed E-state index contributed by atoms with van der Waals surface area (Å²) in [5, 5.41) is 17.6. The van der Waals surface area contributed by atoms with Gasteiger partial charge >= 0.3 is 11.9 Å². The molecule has 0 aromatic rings. The Bertz CT molecular complexity index is 436. The van der Waals surface area contributed by atoms with Crippen LogP contribution in [0.15, 0.2) is 21.6 Å². The van der Waals surface area contributed by atoms with E-state index in [0.29, 0.717) is 6.08 Å². The summed E-state index contributed by atoms with van der Waals surface area (Å²) >= 11 is 0. The molecule has 8 heteroatoms. The van der Waals surface area contributed by atoms with Crippen molar-refractivity contribution in [1.29, 1.82) is 0 Å². The van der Waals surface area contributed by atoms with E-state index in [-0.39, 0.29) is 31.5 Å². The van der Waals surface area contributed by atoms with Gasteiger partial charge in [0.15, 0.2) is 0 Å². The molecule has 0 unspecified atom stereocenters. The summed E-state index contributed by atoms with van der Waals surface area (Å²) in [6.45, 7) is 0.0341. The van der Waals surface area contributed by atoms with Crippen molar-refractivity contribution in [3.63, 3.8) is 0 Å². The molecule has 0 saturated heterocycles. The third kappa shape index (κ3) is 7.38. The van der Waals surface area contributed by atoms with Gasteiger partial charge in [0, 0.05) is 11.6 Å². The smallest absolute Gasteiger partial charge is 0.332 e. The van der Waals surface area contributed by atoms with E-state index in [1.807, 2.05) is 0 Å². The molecule has 102 valence electrons. The van der Waals surface area contributed by atoms with Crippen molar-refractivity contribution in [3.8, 4) is 0 Å². The molecule has 0 saturated carbocycles. The normalized spacial score (nSPS) is 11.9. The lowest BCUT2D eigenvalue weighted by molar-refractivity contribution is -0.135. The maximum atomic E-state index is 11.0.